The lowest BCUT2D eigenvalue weighted by Crippen LogP contribution is -2.29. The first kappa shape index (κ1) is 13.8. The van der Waals surface area contributed by atoms with Crippen molar-refractivity contribution in [3.63, 3.8) is 0 Å². The van der Waals surface area contributed by atoms with Crippen LogP contribution in [0, 0.1) is 5.92 Å². The Morgan fingerprint density at radius 2 is 2.16 bits per heavy atom. The van der Waals surface area contributed by atoms with Crippen molar-refractivity contribution < 1.29 is 18.7 Å². The standard InChI is InChI=1S/C12H17F2N3O2/c13-11(14)7-17-6-10(5-15-17)16-9-3-1-8(2-4-9)12(18)19/h5-6,8-9,11,16H,1-4,7H2,(H,18,19). The normalized spacial score (nSPS) is 23.5. The van der Waals surface area contributed by atoms with E-state index in [9.17, 15) is 13.6 Å². The molecule has 1 aliphatic carbocycles. The first-order chi connectivity index (χ1) is 9.04. The molecule has 1 aromatic rings. The first-order valence-corrected chi connectivity index (χ1v) is 6.34. The fourth-order valence-electron chi connectivity index (χ4n) is 2.40. The van der Waals surface area contributed by atoms with E-state index in [1.165, 1.54) is 10.9 Å². The van der Waals surface area contributed by atoms with Crippen LogP contribution >= 0.6 is 0 Å². The van der Waals surface area contributed by atoms with Gasteiger partial charge in [0.2, 0.25) is 0 Å². The molecule has 0 bridgehead atoms. The predicted octanol–water partition coefficient (Wildman–Crippen LogP) is 2.20. The van der Waals surface area contributed by atoms with Crippen LogP contribution in [0.1, 0.15) is 25.7 Å². The van der Waals surface area contributed by atoms with Crippen molar-refractivity contribution in [2.75, 3.05) is 5.32 Å². The number of hydrogen-bond donors (Lipinski definition) is 2. The Hall–Kier alpha value is -1.66. The number of aromatic nitrogens is 2. The van der Waals surface area contributed by atoms with E-state index < -0.39 is 18.9 Å². The van der Waals surface area contributed by atoms with Gasteiger partial charge in [0, 0.05) is 12.2 Å². The lowest BCUT2D eigenvalue weighted by molar-refractivity contribution is -0.142. The Kier molecular flexibility index (Phi) is 4.34. The monoisotopic (exact) mass is 273 g/mol. The van der Waals surface area contributed by atoms with Gasteiger partial charge in [-0.1, -0.05) is 0 Å². The van der Waals surface area contributed by atoms with Gasteiger partial charge in [-0.3, -0.25) is 9.48 Å². The van der Waals surface area contributed by atoms with Gasteiger partial charge in [0.15, 0.2) is 0 Å². The van der Waals surface area contributed by atoms with Crippen LogP contribution in [-0.2, 0) is 11.3 Å². The van der Waals surface area contributed by atoms with Crippen molar-refractivity contribution >= 4 is 11.7 Å². The average Bonchev–Trinajstić information content (AvgIpc) is 2.76. The molecule has 1 saturated carbocycles. The summed E-state index contributed by atoms with van der Waals surface area (Å²) in [4.78, 5) is 10.8. The van der Waals surface area contributed by atoms with Crippen molar-refractivity contribution in [2.24, 2.45) is 5.92 Å². The third kappa shape index (κ3) is 3.90. The largest absolute Gasteiger partial charge is 0.481 e. The molecule has 5 nitrogen and oxygen atoms in total. The highest BCUT2D eigenvalue weighted by molar-refractivity contribution is 5.70. The Morgan fingerprint density at radius 3 is 2.74 bits per heavy atom. The van der Waals surface area contributed by atoms with Gasteiger partial charge in [-0.2, -0.15) is 5.10 Å². The van der Waals surface area contributed by atoms with Gasteiger partial charge in [0.05, 0.1) is 17.8 Å². The summed E-state index contributed by atoms with van der Waals surface area (Å²) in [6.45, 7) is -0.409. The van der Waals surface area contributed by atoms with Crippen LogP contribution in [0.15, 0.2) is 12.4 Å². The quantitative estimate of drug-likeness (QED) is 0.863. The topological polar surface area (TPSA) is 67.2 Å². The zero-order valence-corrected chi connectivity index (χ0v) is 10.4. The molecular formula is C12H17F2N3O2. The summed E-state index contributed by atoms with van der Waals surface area (Å²) >= 11 is 0. The SMILES string of the molecule is O=C(O)C1CCC(Nc2cnn(CC(F)F)c2)CC1. The number of halogens is 2. The molecule has 0 saturated heterocycles. The minimum absolute atomic E-state index is 0.194. The van der Waals surface area contributed by atoms with E-state index in [0.29, 0.717) is 18.5 Å². The summed E-state index contributed by atoms with van der Waals surface area (Å²) in [5, 5.41) is 16.0. The van der Waals surface area contributed by atoms with Crippen LogP contribution in [0.5, 0.6) is 0 Å². The van der Waals surface area contributed by atoms with Crippen LogP contribution in [0.2, 0.25) is 0 Å². The van der Waals surface area contributed by atoms with E-state index in [0.717, 1.165) is 12.8 Å². The molecule has 106 valence electrons. The van der Waals surface area contributed by atoms with Crippen LogP contribution in [-0.4, -0.2) is 33.3 Å². The molecule has 0 spiro atoms. The van der Waals surface area contributed by atoms with E-state index >= 15 is 0 Å². The van der Waals surface area contributed by atoms with Gasteiger partial charge >= 0.3 is 5.97 Å². The number of rotatable bonds is 5. The number of nitrogens with zero attached hydrogens (tertiary/aromatic N) is 2. The van der Waals surface area contributed by atoms with Gasteiger partial charge in [0.25, 0.3) is 6.43 Å². The second-order valence-electron chi connectivity index (χ2n) is 4.87. The van der Waals surface area contributed by atoms with Crippen LogP contribution in [0.3, 0.4) is 0 Å². The van der Waals surface area contributed by atoms with E-state index in [1.807, 2.05) is 0 Å². The minimum Gasteiger partial charge on any atom is -0.481 e. The van der Waals surface area contributed by atoms with Crippen LogP contribution in [0.25, 0.3) is 0 Å². The Morgan fingerprint density at radius 1 is 1.47 bits per heavy atom. The molecule has 0 atom stereocenters. The molecule has 0 aromatic carbocycles. The number of hydrogen-bond acceptors (Lipinski definition) is 3. The molecular weight excluding hydrogens is 256 g/mol. The second-order valence-corrected chi connectivity index (χ2v) is 4.87. The van der Waals surface area contributed by atoms with Gasteiger partial charge in [-0.05, 0) is 25.7 Å². The number of carboxylic acids is 1. The molecule has 0 unspecified atom stereocenters. The number of alkyl halides is 2. The zero-order chi connectivity index (χ0) is 13.8. The average molecular weight is 273 g/mol. The van der Waals surface area contributed by atoms with Crippen molar-refractivity contribution in [1.82, 2.24) is 9.78 Å². The molecule has 0 amide bonds. The van der Waals surface area contributed by atoms with E-state index in [4.69, 9.17) is 5.11 Å². The fraction of sp³-hybridized carbons (Fsp3) is 0.667. The molecule has 19 heavy (non-hydrogen) atoms. The maximum atomic E-state index is 12.2. The molecule has 0 radical (unpaired) electrons. The maximum Gasteiger partial charge on any atom is 0.306 e. The molecule has 2 rings (SSSR count). The highest BCUT2D eigenvalue weighted by atomic mass is 19.3. The second kappa shape index (κ2) is 5.99. The van der Waals surface area contributed by atoms with Crippen LogP contribution in [0.4, 0.5) is 14.5 Å². The van der Waals surface area contributed by atoms with Gasteiger partial charge in [-0.25, -0.2) is 8.78 Å². The molecule has 1 aromatic heterocycles. The first-order valence-electron chi connectivity index (χ1n) is 6.34. The van der Waals surface area contributed by atoms with Crippen molar-refractivity contribution in [3.05, 3.63) is 12.4 Å². The number of nitrogens with one attached hydrogen (secondary N) is 1. The van der Waals surface area contributed by atoms with E-state index in [1.54, 1.807) is 6.20 Å². The lowest BCUT2D eigenvalue weighted by atomic mass is 9.86. The smallest absolute Gasteiger partial charge is 0.306 e. The number of carbonyl (C=O) groups is 1. The van der Waals surface area contributed by atoms with Crippen molar-refractivity contribution in [3.8, 4) is 0 Å². The molecule has 1 aliphatic rings. The van der Waals surface area contributed by atoms with Crippen molar-refractivity contribution in [1.29, 1.82) is 0 Å². The van der Waals surface area contributed by atoms with E-state index in [2.05, 4.69) is 10.4 Å². The highest BCUT2D eigenvalue weighted by Gasteiger charge is 2.25. The Labute approximate surface area is 109 Å². The summed E-state index contributed by atoms with van der Waals surface area (Å²) in [7, 11) is 0. The Balaban J connectivity index is 1.82. The highest BCUT2D eigenvalue weighted by Crippen LogP contribution is 2.26. The Bertz CT molecular complexity index is 428. The summed E-state index contributed by atoms with van der Waals surface area (Å²) in [6.07, 6.45) is 3.50. The number of anilines is 1. The molecule has 1 heterocycles. The summed E-state index contributed by atoms with van der Waals surface area (Å²) < 4.78 is 25.5. The zero-order valence-electron chi connectivity index (χ0n) is 10.4. The molecule has 2 N–H and O–H groups in total. The third-order valence-corrected chi connectivity index (χ3v) is 3.41. The molecule has 0 aliphatic heterocycles. The third-order valence-electron chi connectivity index (χ3n) is 3.41. The lowest BCUT2D eigenvalue weighted by Gasteiger charge is -2.26. The maximum absolute atomic E-state index is 12.2. The number of aliphatic carboxylic acids is 1. The van der Waals surface area contributed by atoms with Crippen molar-refractivity contribution in [2.45, 2.75) is 44.7 Å². The summed E-state index contributed by atoms with van der Waals surface area (Å²) in [6, 6.07) is 0.194. The molecule has 7 heteroatoms. The van der Waals surface area contributed by atoms with Gasteiger partial charge < -0.3 is 10.4 Å². The van der Waals surface area contributed by atoms with Gasteiger partial charge in [0.1, 0.15) is 6.54 Å². The van der Waals surface area contributed by atoms with Crippen LogP contribution < -0.4 is 5.32 Å². The van der Waals surface area contributed by atoms with E-state index in [-0.39, 0.29) is 12.0 Å². The minimum atomic E-state index is -2.42. The number of carboxylic acid groups (broad SMARTS) is 1. The fourth-order valence-corrected chi connectivity index (χ4v) is 2.40. The summed E-state index contributed by atoms with van der Waals surface area (Å²) in [5.41, 5.74) is 0.708. The van der Waals surface area contributed by atoms with Gasteiger partial charge in [-0.15, -0.1) is 0 Å². The predicted molar refractivity (Wildman–Crippen MR) is 65.2 cm³/mol. The summed E-state index contributed by atoms with van der Waals surface area (Å²) in [5.74, 6) is -0.984. The molecule has 1 fully saturated rings.